The molecule has 10 heteroatoms. The molecular weight excluding hydrogens is 665 g/mol. The van der Waals surface area contributed by atoms with E-state index < -0.39 is 0 Å². The Morgan fingerprint density at radius 2 is 0.840 bits per heavy atom. The van der Waals surface area contributed by atoms with Crippen LogP contribution in [0.4, 0.5) is 0 Å². The Kier molecular flexibility index (Phi) is 34.5. The molecule has 0 aromatic rings. The van der Waals surface area contributed by atoms with Crippen molar-refractivity contribution in [1.82, 2.24) is 21.3 Å². The van der Waals surface area contributed by atoms with Gasteiger partial charge in [0.05, 0.1) is 0 Å². The van der Waals surface area contributed by atoms with Gasteiger partial charge in [0.15, 0.2) is 0 Å². The van der Waals surface area contributed by atoms with E-state index in [-0.39, 0.29) is 35.7 Å². The topological polar surface area (TPSA) is 116 Å². The number of nitrogens with one attached hydrogen (secondary N) is 4. The first kappa shape index (κ1) is 47.5. The summed E-state index contributed by atoms with van der Waals surface area (Å²) < 4.78 is 0. The largest absolute Gasteiger partial charge is 0.353 e. The maximum atomic E-state index is 11.8. The van der Waals surface area contributed by atoms with Gasteiger partial charge in [-0.3, -0.25) is 19.2 Å². The fourth-order valence-corrected chi connectivity index (χ4v) is 8.06. The summed E-state index contributed by atoms with van der Waals surface area (Å²) in [5.41, 5.74) is 0. The van der Waals surface area contributed by atoms with Crippen molar-refractivity contribution in [3.63, 3.8) is 0 Å². The van der Waals surface area contributed by atoms with E-state index in [9.17, 15) is 19.2 Å². The van der Waals surface area contributed by atoms with Crippen molar-refractivity contribution in [2.45, 2.75) is 167 Å². The zero-order valence-electron chi connectivity index (χ0n) is 31.5. The molecule has 0 fully saturated rings. The van der Waals surface area contributed by atoms with E-state index in [1.165, 1.54) is 64.2 Å². The molecule has 0 aromatic carbocycles. The van der Waals surface area contributed by atoms with Gasteiger partial charge in [-0.1, -0.05) is 136 Å². The van der Waals surface area contributed by atoms with Crippen LogP contribution in [0.5, 0.6) is 0 Å². The van der Waals surface area contributed by atoms with Gasteiger partial charge in [0.25, 0.3) is 0 Å². The normalized spacial score (nSPS) is 12.4. The van der Waals surface area contributed by atoms with Crippen LogP contribution in [0, 0.1) is 0 Å². The van der Waals surface area contributed by atoms with Crippen molar-refractivity contribution in [3.05, 3.63) is 49.9 Å². The van der Waals surface area contributed by atoms with Crippen LogP contribution >= 0.6 is 21.6 Å². The fourth-order valence-electron chi connectivity index (χ4n) is 5.48. The molecule has 0 bridgehead atoms. The van der Waals surface area contributed by atoms with Crippen molar-refractivity contribution in [3.8, 4) is 0 Å². The fraction of sp³-hybridized carbons (Fsp3) is 0.700. The van der Waals surface area contributed by atoms with E-state index in [4.69, 9.17) is 0 Å². The van der Waals surface area contributed by atoms with Crippen LogP contribution in [0.15, 0.2) is 49.9 Å². The third-order valence-electron chi connectivity index (χ3n) is 8.18. The highest BCUT2D eigenvalue weighted by Crippen LogP contribution is 2.26. The average molecular weight is 735 g/mol. The minimum absolute atomic E-state index is 0.0220. The summed E-state index contributed by atoms with van der Waals surface area (Å²) in [5.74, 6) is 1.94. The molecule has 0 aliphatic rings. The maximum absolute atomic E-state index is 11.8. The summed E-state index contributed by atoms with van der Waals surface area (Å²) in [7, 11) is 3.59. The van der Waals surface area contributed by atoms with Gasteiger partial charge in [-0.2, -0.15) is 0 Å². The second kappa shape index (κ2) is 36.3. The molecule has 0 saturated heterocycles. The Bertz CT molecular complexity index is 897. The summed E-state index contributed by atoms with van der Waals surface area (Å²) in [4.78, 5) is 47.2. The molecule has 0 spiro atoms. The lowest BCUT2D eigenvalue weighted by atomic mass is 10.0. The number of amides is 4. The molecule has 286 valence electrons. The van der Waals surface area contributed by atoms with Gasteiger partial charge >= 0.3 is 0 Å². The molecule has 0 aliphatic heterocycles. The van der Waals surface area contributed by atoms with Crippen molar-refractivity contribution < 1.29 is 19.2 Å². The van der Waals surface area contributed by atoms with Gasteiger partial charge in [-0.05, 0) is 38.5 Å². The highest BCUT2D eigenvalue weighted by atomic mass is 33.1. The minimum Gasteiger partial charge on any atom is -0.353 e. The molecule has 1 unspecified atom stereocenters. The smallest absolute Gasteiger partial charge is 0.223 e. The SMILES string of the molecule is C=CC/C=C/NC(=O)CCCCCCCCCCC(CSSC[C@@H](CCCCCCCCCCC(=O)N/C=C/CC=C)NC(C)=O)NC(C)=O. The van der Waals surface area contributed by atoms with Crippen molar-refractivity contribution in [2.75, 3.05) is 11.5 Å². The van der Waals surface area contributed by atoms with Gasteiger partial charge in [-0.15, -0.1) is 13.2 Å². The lowest BCUT2D eigenvalue weighted by Crippen LogP contribution is -2.35. The monoisotopic (exact) mass is 734 g/mol. The first-order valence-corrected chi connectivity index (χ1v) is 21.7. The van der Waals surface area contributed by atoms with Crippen LogP contribution in [0.2, 0.25) is 0 Å². The Morgan fingerprint density at radius 1 is 0.520 bits per heavy atom. The van der Waals surface area contributed by atoms with Crippen molar-refractivity contribution in [2.24, 2.45) is 0 Å². The second-order valence-corrected chi connectivity index (χ2v) is 15.6. The average Bonchev–Trinajstić information content (AvgIpc) is 3.07. The molecule has 2 atom stereocenters. The van der Waals surface area contributed by atoms with Gasteiger partial charge in [-0.25, -0.2) is 0 Å². The van der Waals surface area contributed by atoms with Crippen LogP contribution < -0.4 is 21.3 Å². The Labute approximate surface area is 313 Å². The van der Waals surface area contributed by atoms with E-state index in [1.54, 1.807) is 60.0 Å². The standard InChI is InChI=1S/C40H70N4O4S2/c1-5-7-25-31-41-39(47)29-23-19-15-11-9-13-17-21-27-37(43-35(3)45)33-49-50-34-38(44-36(4)46)28-22-18-14-10-12-16-20-24-30-40(48)42-32-26-8-6-2/h5-6,25-26,31-32,37-38H,1-2,7-24,27-30,33-34H2,3-4H3,(H,41,47)(H,42,48)(H,43,45)(H,44,46)/b31-25+,32-26+/t37-,38?/m1/s1. The Morgan fingerprint density at radius 3 is 1.16 bits per heavy atom. The van der Waals surface area contributed by atoms with Crippen LogP contribution in [0.1, 0.15) is 155 Å². The summed E-state index contributed by atoms with van der Waals surface area (Å²) >= 11 is 0. The maximum Gasteiger partial charge on any atom is 0.223 e. The first-order chi connectivity index (χ1) is 24.3. The molecule has 0 rings (SSSR count). The highest BCUT2D eigenvalue weighted by molar-refractivity contribution is 8.76. The predicted molar refractivity (Wildman–Crippen MR) is 217 cm³/mol. The molecule has 8 nitrogen and oxygen atoms in total. The van der Waals surface area contributed by atoms with Crippen molar-refractivity contribution >= 4 is 45.2 Å². The number of hydrogen-bond acceptors (Lipinski definition) is 6. The third-order valence-corrected chi connectivity index (χ3v) is 10.7. The van der Waals surface area contributed by atoms with Gasteiger partial charge < -0.3 is 21.3 Å². The Hall–Kier alpha value is -2.46. The third kappa shape index (κ3) is 35.4. The molecule has 0 radical (unpaired) electrons. The minimum atomic E-state index is 0.0220. The summed E-state index contributed by atoms with van der Waals surface area (Å²) in [6.45, 7) is 10.5. The molecule has 4 N–H and O–H groups in total. The molecule has 0 heterocycles. The van der Waals surface area contributed by atoms with Crippen LogP contribution in [0.3, 0.4) is 0 Å². The first-order valence-electron chi connectivity index (χ1n) is 19.2. The van der Waals surface area contributed by atoms with E-state index in [0.717, 1.165) is 75.7 Å². The van der Waals surface area contributed by atoms with Gasteiger partial charge in [0.2, 0.25) is 23.6 Å². The summed E-state index contributed by atoms with van der Waals surface area (Å²) in [6.07, 6.45) is 33.6. The number of rotatable bonds is 35. The van der Waals surface area contributed by atoms with E-state index in [2.05, 4.69) is 34.4 Å². The molecule has 0 aromatic heterocycles. The zero-order valence-corrected chi connectivity index (χ0v) is 33.1. The molecule has 4 amide bonds. The van der Waals surface area contributed by atoms with Crippen LogP contribution in [-0.4, -0.2) is 47.2 Å². The molecule has 0 aliphatic carbocycles. The second-order valence-electron chi connectivity index (χ2n) is 13.1. The molecule has 50 heavy (non-hydrogen) atoms. The van der Waals surface area contributed by atoms with E-state index >= 15 is 0 Å². The lowest BCUT2D eigenvalue weighted by Gasteiger charge is -2.19. The quantitative estimate of drug-likeness (QED) is 0.0293. The predicted octanol–water partition coefficient (Wildman–Crippen LogP) is 9.59. The highest BCUT2D eigenvalue weighted by Gasteiger charge is 2.13. The number of hydrogen-bond donors (Lipinski definition) is 4. The summed E-state index contributed by atoms with van der Waals surface area (Å²) in [6, 6.07) is 0.340. The number of carbonyl (C=O) groups excluding carboxylic acids is 4. The number of allylic oxidation sites excluding steroid dienone is 4. The summed E-state index contributed by atoms with van der Waals surface area (Å²) in [5, 5.41) is 11.9. The molecule has 0 saturated carbocycles. The van der Waals surface area contributed by atoms with E-state index in [0.29, 0.717) is 12.8 Å². The van der Waals surface area contributed by atoms with Gasteiger partial charge in [0, 0.05) is 62.7 Å². The lowest BCUT2D eigenvalue weighted by molar-refractivity contribution is -0.121. The van der Waals surface area contributed by atoms with E-state index in [1.807, 2.05) is 12.2 Å². The number of carbonyl (C=O) groups is 4. The van der Waals surface area contributed by atoms with Gasteiger partial charge in [0.1, 0.15) is 0 Å². The van der Waals surface area contributed by atoms with Crippen LogP contribution in [0.25, 0.3) is 0 Å². The molecular formula is C40H70N4O4S2. The van der Waals surface area contributed by atoms with Crippen molar-refractivity contribution in [1.29, 1.82) is 0 Å². The Balaban J connectivity index is 4.00. The van der Waals surface area contributed by atoms with Crippen LogP contribution in [-0.2, 0) is 19.2 Å². The number of unbranched alkanes of at least 4 members (excludes halogenated alkanes) is 14. The zero-order chi connectivity index (χ0) is 36.9.